The van der Waals surface area contributed by atoms with Crippen LogP contribution >= 0.6 is 15.9 Å². The molecule has 0 spiro atoms. The molecule has 0 saturated heterocycles. The smallest absolute Gasteiger partial charge is 0.162 e. The highest BCUT2D eigenvalue weighted by Crippen LogP contribution is 2.36. The molecule has 104 valence electrons. The Hall–Kier alpha value is -0.890. The van der Waals surface area contributed by atoms with Gasteiger partial charge >= 0.3 is 0 Å². The van der Waals surface area contributed by atoms with Gasteiger partial charge in [0.2, 0.25) is 0 Å². The van der Waals surface area contributed by atoms with Gasteiger partial charge in [-0.05, 0) is 31.6 Å². The standard InChI is InChI=1S/C17H23BrO/c1-14(2)17(3,11-7-13-18)12-10-16(19)15-8-5-4-6-9-15/h4-6,8-9H,1,7,10-13H2,2-3H3. The van der Waals surface area contributed by atoms with E-state index in [1.54, 1.807) is 0 Å². The van der Waals surface area contributed by atoms with E-state index in [0.717, 1.165) is 30.2 Å². The Morgan fingerprint density at radius 2 is 1.89 bits per heavy atom. The minimum Gasteiger partial charge on any atom is -0.294 e. The van der Waals surface area contributed by atoms with Crippen LogP contribution in [0.15, 0.2) is 42.5 Å². The Balaban J connectivity index is 2.62. The number of hydrogen-bond acceptors (Lipinski definition) is 1. The van der Waals surface area contributed by atoms with Crippen molar-refractivity contribution in [3.8, 4) is 0 Å². The first-order valence-electron chi connectivity index (χ1n) is 6.80. The molecule has 0 N–H and O–H groups in total. The summed E-state index contributed by atoms with van der Waals surface area (Å²) in [6.45, 7) is 8.39. The van der Waals surface area contributed by atoms with Crippen molar-refractivity contribution in [2.75, 3.05) is 5.33 Å². The molecule has 0 aliphatic heterocycles. The van der Waals surface area contributed by atoms with E-state index in [2.05, 4.69) is 36.4 Å². The topological polar surface area (TPSA) is 17.1 Å². The van der Waals surface area contributed by atoms with Crippen LogP contribution < -0.4 is 0 Å². The Morgan fingerprint density at radius 1 is 1.26 bits per heavy atom. The van der Waals surface area contributed by atoms with Crippen LogP contribution in [0.4, 0.5) is 0 Å². The minimum absolute atomic E-state index is 0.0677. The Bertz CT molecular complexity index is 424. The quantitative estimate of drug-likeness (QED) is 0.355. The molecule has 0 aliphatic rings. The molecule has 0 saturated carbocycles. The van der Waals surface area contributed by atoms with E-state index in [4.69, 9.17) is 0 Å². The Kier molecular flexibility index (Phi) is 6.50. The second-order valence-corrected chi connectivity index (χ2v) is 6.22. The van der Waals surface area contributed by atoms with Gasteiger partial charge < -0.3 is 0 Å². The van der Waals surface area contributed by atoms with Crippen LogP contribution in [0.25, 0.3) is 0 Å². The number of rotatable bonds is 8. The van der Waals surface area contributed by atoms with Crippen molar-refractivity contribution in [1.29, 1.82) is 0 Å². The van der Waals surface area contributed by atoms with Crippen LogP contribution in [-0.2, 0) is 0 Å². The van der Waals surface area contributed by atoms with E-state index in [1.807, 2.05) is 30.3 Å². The predicted octanol–water partition coefficient (Wildman–Crippen LogP) is 5.41. The highest BCUT2D eigenvalue weighted by Gasteiger charge is 2.25. The highest BCUT2D eigenvalue weighted by atomic mass is 79.9. The van der Waals surface area contributed by atoms with E-state index >= 15 is 0 Å². The fourth-order valence-electron chi connectivity index (χ4n) is 2.17. The summed E-state index contributed by atoms with van der Waals surface area (Å²) in [6, 6.07) is 9.54. The SMILES string of the molecule is C=C(C)C(C)(CCCBr)CCC(=O)c1ccccc1. The van der Waals surface area contributed by atoms with Crippen LogP contribution in [-0.4, -0.2) is 11.1 Å². The molecule has 0 fully saturated rings. The van der Waals surface area contributed by atoms with Crippen molar-refractivity contribution in [2.24, 2.45) is 5.41 Å². The third-order valence-electron chi connectivity index (χ3n) is 3.89. The molecule has 1 rings (SSSR count). The molecule has 0 aromatic heterocycles. The first-order chi connectivity index (χ1) is 8.99. The number of benzene rings is 1. The lowest BCUT2D eigenvalue weighted by molar-refractivity contribution is 0.0964. The summed E-state index contributed by atoms with van der Waals surface area (Å²) in [6.07, 6.45) is 3.66. The fourth-order valence-corrected chi connectivity index (χ4v) is 2.45. The number of Topliss-reactive ketones (excluding diaryl/α,β-unsaturated/α-hetero) is 1. The molecule has 1 atom stereocenters. The number of carbonyl (C=O) groups excluding carboxylic acids is 1. The van der Waals surface area contributed by atoms with Crippen molar-refractivity contribution in [3.05, 3.63) is 48.0 Å². The maximum atomic E-state index is 12.1. The zero-order valence-electron chi connectivity index (χ0n) is 11.9. The monoisotopic (exact) mass is 322 g/mol. The predicted molar refractivity (Wildman–Crippen MR) is 86.0 cm³/mol. The number of halogens is 1. The molecule has 0 heterocycles. The number of ketones is 1. The molecular formula is C17H23BrO. The van der Waals surface area contributed by atoms with Crippen LogP contribution in [0.5, 0.6) is 0 Å². The normalized spacial score (nSPS) is 13.8. The third kappa shape index (κ3) is 4.94. The summed E-state index contributed by atoms with van der Waals surface area (Å²) < 4.78 is 0. The van der Waals surface area contributed by atoms with Gasteiger partial charge in [-0.25, -0.2) is 0 Å². The second kappa shape index (κ2) is 7.64. The second-order valence-electron chi connectivity index (χ2n) is 5.42. The summed E-state index contributed by atoms with van der Waals surface area (Å²) in [5.74, 6) is 0.229. The maximum absolute atomic E-state index is 12.1. The van der Waals surface area contributed by atoms with Crippen molar-refractivity contribution in [3.63, 3.8) is 0 Å². The van der Waals surface area contributed by atoms with Gasteiger partial charge in [-0.3, -0.25) is 4.79 Å². The van der Waals surface area contributed by atoms with E-state index in [-0.39, 0.29) is 11.2 Å². The number of allylic oxidation sites excluding steroid dienone is 1. The van der Waals surface area contributed by atoms with Gasteiger partial charge in [-0.15, -0.1) is 0 Å². The van der Waals surface area contributed by atoms with E-state index in [0.29, 0.717) is 6.42 Å². The van der Waals surface area contributed by atoms with Crippen molar-refractivity contribution < 1.29 is 4.79 Å². The Morgan fingerprint density at radius 3 is 2.42 bits per heavy atom. The summed E-state index contributed by atoms with van der Waals surface area (Å²) in [5, 5.41) is 1.00. The largest absolute Gasteiger partial charge is 0.294 e. The van der Waals surface area contributed by atoms with Crippen LogP contribution in [0, 0.1) is 5.41 Å². The third-order valence-corrected chi connectivity index (χ3v) is 4.45. The van der Waals surface area contributed by atoms with Crippen LogP contribution in [0.1, 0.15) is 49.9 Å². The Labute approximate surface area is 125 Å². The molecule has 1 unspecified atom stereocenters. The fraction of sp³-hybridized carbons (Fsp3) is 0.471. The van der Waals surface area contributed by atoms with Gasteiger partial charge in [-0.1, -0.05) is 65.3 Å². The van der Waals surface area contributed by atoms with Crippen molar-refractivity contribution >= 4 is 21.7 Å². The lowest BCUT2D eigenvalue weighted by Gasteiger charge is -2.30. The van der Waals surface area contributed by atoms with Gasteiger partial charge in [-0.2, -0.15) is 0 Å². The summed E-state index contributed by atoms with van der Waals surface area (Å²) in [7, 11) is 0. The van der Waals surface area contributed by atoms with E-state index in [9.17, 15) is 4.79 Å². The molecule has 0 bridgehead atoms. The lowest BCUT2D eigenvalue weighted by atomic mass is 9.75. The summed E-state index contributed by atoms with van der Waals surface area (Å²) in [4.78, 5) is 12.1. The van der Waals surface area contributed by atoms with Crippen molar-refractivity contribution in [2.45, 2.75) is 39.5 Å². The first kappa shape index (κ1) is 16.2. The van der Waals surface area contributed by atoms with Crippen molar-refractivity contribution in [1.82, 2.24) is 0 Å². The zero-order chi connectivity index (χ0) is 14.3. The van der Waals surface area contributed by atoms with Gasteiger partial charge in [0.15, 0.2) is 5.78 Å². The average molecular weight is 323 g/mol. The van der Waals surface area contributed by atoms with Gasteiger partial charge in [0.05, 0.1) is 0 Å². The molecule has 1 aromatic rings. The van der Waals surface area contributed by atoms with Gasteiger partial charge in [0.25, 0.3) is 0 Å². The maximum Gasteiger partial charge on any atom is 0.162 e. The van der Waals surface area contributed by atoms with E-state index in [1.165, 1.54) is 5.57 Å². The van der Waals surface area contributed by atoms with Gasteiger partial charge in [0, 0.05) is 17.3 Å². The lowest BCUT2D eigenvalue weighted by Crippen LogP contribution is -2.19. The number of alkyl halides is 1. The van der Waals surface area contributed by atoms with Gasteiger partial charge in [0.1, 0.15) is 0 Å². The average Bonchev–Trinajstić information content (AvgIpc) is 2.43. The summed E-state index contributed by atoms with van der Waals surface area (Å²) >= 11 is 3.47. The minimum atomic E-state index is 0.0677. The number of carbonyl (C=O) groups is 1. The van der Waals surface area contributed by atoms with E-state index < -0.39 is 0 Å². The zero-order valence-corrected chi connectivity index (χ0v) is 13.5. The molecule has 1 aromatic carbocycles. The molecule has 0 aliphatic carbocycles. The molecule has 1 nitrogen and oxygen atoms in total. The highest BCUT2D eigenvalue weighted by molar-refractivity contribution is 9.09. The van der Waals surface area contributed by atoms with Crippen LogP contribution in [0.3, 0.4) is 0 Å². The molecular weight excluding hydrogens is 300 g/mol. The molecule has 0 radical (unpaired) electrons. The summed E-state index contributed by atoms with van der Waals surface area (Å²) in [5.41, 5.74) is 2.06. The van der Waals surface area contributed by atoms with Crippen LogP contribution in [0.2, 0.25) is 0 Å². The molecule has 2 heteroatoms. The molecule has 19 heavy (non-hydrogen) atoms. The number of hydrogen-bond donors (Lipinski definition) is 0. The first-order valence-corrected chi connectivity index (χ1v) is 7.92. The molecule has 0 amide bonds.